The Morgan fingerprint density at radius 2 is 0.957 bits per heavy atom. The first kappa shape index (κ1) is 40.8. The molecule has 3 aliphatic rings. The first-order valence-corrected chi connectivity index (χ1v) is 24.3. The zero-order chi connectivity index (χ0) is 45.7. The van der Waals surface area contributed by atoms with Crippen LogP contribution in [0.4, 0.5) is 17.1 Å². The maximum absolute atomic E-state index is 6.88. The molecule has 328 valence electrons. The lowest BCUT2D eigenvalue weighted by molar-refractivity contribution is 0.453. The van der Waals surface area contributed by atoms with E-state index in [2.05, 4.69) is 260 Å². The van der Waals surface area contributed by atoms with Gasteiger partial charge in [0.15, 0.2) is 0 Å². The van der Waals surface area contributed by atoms with E-state index in [-0.39, 0.29) is 11.3 Å². The van der Waals surface area contributed by atoms with Crippen molar-refractivity contribution in [3.63, 3.8) is 0 Å². The third-order valence-electron chi connectivity index (χ3n) is 14.9. The summed E-state index contributed by atoms with van der Waals surface area (Å²) in [4.78, 5) is 2.44. The predicted octanol–water partition coefficient (Wildman–Crippen LogP) is 18.3. The first-order chi connectivity index (χ1) is 34.2. The molecule has 2 unspecified atom stereocenters. The Labute approximate surface area is 404 Å². The topological polar surface area (TPSA) is 16.4 Å². The van der Waals surface area contributed by atoms with Crippen LogP contribution >= 0.6 is 0 Å². The lowest BCUT2D eigenvalue weighted by Crippen LogP contribution is -2.36. The quantitative estimate of drug-likeness (QED) is 0.144. The van der Waals surface area contributed by atoms with Gasteiger partial charge in [0.05, 0.1) is 5.41 Å². The summed E-state index contributed by atoms with van der Waals surface area (Å²) in [5.41, 5.74) is 21.1. The Bertz CT molecular complexity index is 3650. The van der Waals surface area contributed by atoms with E-state index in [9.17, 15) is 0 Å². The Hall–Kier alpha value is -8.46. The van der Waals surface area contributed by atoms with Crippen LogP contribution in [0.25, 0.3) is 72.0 Å². The molecule has 3 aliphatic carbocycles. The normalized spacial score (nSPS) is 17.1. The van der Waals surface area contributed by atoms with E-state index in [1.807, 2.05) is 0 Å². The molecule has 10 aromatic rings. The van der Waals surface area contributed by atoms with Gasteiger partial charge in [0.1, 0.15) is 11.2 Å². The summed E-state index contributed by atoms with van der Waals surface area (Å²) >= 11 is 0. The fourth-order valence-corrected chi connectivity index (χ4v) is 11.7. The molecule has 1 aromatic heterocycles. The summed E-state index contributed by atoms with van der Waals surface area (Å²) in [6, 6.07) is 79.8. The van der Waals surface area contributed by atoms with Crippen LogP contribution in [-0.4, -0.2) is 0 Å². The number of anilines is 3. The average Bonchev–Trinajstić information content (AvgIpc) is 3.97. The highest BCUT2D eigenvalue weighted by molar-refractivity contribution is 6.13. The van der Waals surface area contributed by atoms with Gasteiger partial charge in [-0.05, 0) is 123 Å². The van der Waals surface area contributed by atoms with Gasteiger partial charge in [-0.25, -0.2) is 0 Å². The molecule has 0 saturated carbocycles. The predicted molar refractivity (Wildman–Crippen MR) is 289 cm³/mol. The van der Waals surface area contributed by atoms with E-state index in [1.165, 1.54) is 50.1 Å². The van der Waals surface area contributed by atoms with Crippen molar-refractivity contribution in [2.45, 2.75) is 24.7 Å². The number of fused-ring (bicyclic) bond motifs is 5. The van der Waals surface area contributed by atoms with Crippen molar-refractivity contribution in [3.05, 3.63) is 277 Å². The van der Waals surface area contributed by atoms with Gasteiger partial charge in [-0.2, -0.15) is 0 Å². The third-order valence-corrected chi connectivity index (χ3v) is 14.9. The highest BCUT2D eigenvalue weighted by atomic mass is 16.3. The molecule has 0 radical (unpaired) electrons. The minimum Gasteiger partial charge on any atom is -0.455 e. The highest BCUT2D eigenvalue weighted by Crippen LogP contribution is 2.59. The van der Waals surface area contributed by atoms with Gasteiger partial charge in [-0.3, -0.25) is 0 Å². The number of para-hydroxylation sites is 2. The molecule has 0 amide bonds. The molecule has 1 heterocycles. The van der Waals surface area contributed by atoms with Crippen molar-refractivity contribution in [1.29, 1.82) is 0 Å². The highest BCUT2D eigenvalue weighted by Gasteiger charge is 2.50. The number of nitrogens with zero attached hydrogens (tertiary/aromatic N) is 1. The minimum absolute atomic E-state index is 0.263. The van der Waals surface area contributed by atoms with Crippen molar-refractivity contribution >= 4 is 44.6 Å². The van der Waals surface area contributed by atoms with Gasteiger partial charge in [0, 0.05) is 39.0 Å². The largest absolute Gasteiger partial charge is 0.455 e. The standard InChI is InChI=1S/C67H49NO/c1-5-17-46(18-6-1)47-31-33-48(34-32-47)49-35-39-54(40-36-49)68(55-41-37-51(38-42-55)58-27-16-29-62-61-28-15-26-57(65(61)69-66(58)62)50-19-7-2-8-20-50)56-43-44-60-59-25-13-14-30-63(59)67(64(60)45-56,52-21-9-3-10-22-52)53-23-11-4-12-24-53/h1-12,14-23,26-45,53H,13,24-25H2. The van der Waals surface area contributed by atoms with E-state index in [1.54, 1.807) is 0 Å². The van der Waals surface area contributed by atoms with Gasteiger partial charge < -0.3 is 9.32 Å². The van der Waals surface area contributed by atoms with Crippen LogP contribution in [0.1, 0.15) is 36.0 Å². The Morgan fingerprint density at radius 3 is 1.55 bits per heavy atom. The second-order valence-electron chi connectivity index (χ2n) is 18.6. The van der Waals surface area contributed by atoms with Crippen LogP contribution in [0.3, 0.4) is 0 Å². The van der Waals surface area contributed by atoms with Crippen molar-refractivity contribution in [2.75, 3.05) is 4.90 Å². The number of hydrogen-bond acceptors (Lipinski definition) is 2. The minimum atomic E-state index is -0.336. The molecule has 2 heteroatoms. The van der Waals surface area contributed by atoms with Gasteiger partial charge >= 0.3 is 0 Å². The average molecular weight is 884 g/mol. The van der Waals surface area contributed by atoms with E-state index >= 15 is 0 Å². The molecule has 0 N–H and O–H groups in total. The second-order valence-corrected chi connectivity index (χ2v) is 18.6. The summed E-state index contributed by atoms with van der Waals surface area (Å²) in [5, 5.41) is 2.25. The monoisotopic (exact) mass is 883 g/mol. The molecule has 0 bridgehead atoms. The maximum Gasteiger partial charge on any atom is 0.143 e. The van der Waals surface area contributed by atoms with Gasteiger partial charge in [0.25, 0.3) is 0 Å². The smallest absolute Gasteiger partial charge is 0.143 e. The van der Waals surface area contributed by atoms with Crippen molar-refractivity contribution in [3.8, 4) is 44.5 Å². The molecule has 2 nitrogen and oxygen atoms in total. The molecule has 13 rings (SSSR count). The molecule has 0 fully saturated rings. The van der Waals surface area contributed by atoms with Gasteiger partial charge in [-0.15, -0.1) is 0 Å². The summed E-state index contributed by atoms with van der Waals surface area (Å²) in [7, 11) is 0. The molecule has 0 saturated heterocycles. The number of rotatable bonds is 9. The zero-order valence-corrected chi connectivity index (χ0v) is 38.3. The van der Waals surface area contributed by atoms with Crippen LogP contribution in [0.2, 0.25) is 0 Å². The van der Waals surface area contributed by atoms with E-state index in [0.29, 0.717) is 0 Å². The summed E-state index contributed by atoms with van der Waals surface area (Å²) in [6.07, 6.45) is 17.2. The molecular formula is C67H49NO. The summed E-state index contributed by atoms with van der Waals surface area (Å²) in [6.45, 7) is 0. The fraction of sp³-hybridized carbons (Fsp3) is 0.0746. The van der Waals surface area contributed by atoms with Crippen LogP contribution in [-0.2, 0) is 5.41 Å². The lowest BCUT2D eigenvalue weighted by Gasteiger charge is -2.41. The van der Waals surface area contributed by atoms with Crippen LogP contribution in [0.15, 0.2) is 265 Å². The summed E-state index contributed by atoms with van der Waals surface area (Å²) < 4.78 is 6.88. The fourth-order valence-electron chi connectivity index (χ4n) is 11.7. The van der Waals surface area contributed by atoms with E-state index < -0.39 is 0 Å². The van der Waals surface area contributed by atoms with Crippen molar-refractivity contribution in [1.82, 2.24) is 0 Å². The lowest BCUT2D eigenvalue weighted by atomic mass is 9.61. The van der Waals surface area contributed by atoms with Gasteiger partial charge in [0.2, 0.25) is 0 Å². The number of hydrogen-bond donors (Lipinski definition) is 0. The molecular weight excluding hydrogens is 835 g/mol. The Kier molecular flexibility index (Phi) is 10.1. The second kappa shape index (κ2) is 17.0. The van der Waals surface area contributed by atoms with Crippen LogP contribution in [0.5, 0.6) is 0 Å². The first-order valence-electron chi connectivity index (χ1n) is 24.3. The zero-order valence-electron chi connectivity index (χ0n) is 38.3. The van der Waals surface area contributed by atoms with Crippen LogP contribution < -0.4 is 4.90 Å². The maximum atomic E-state index is 6.88. The Balaban J connectivity index is 0.944. The number of benzene rings is 9. The van der Waals surface area contributed by atoms with E-state index in [4.69, 9.17) is 4.42 Å². The number of furan rings is 1. The van der Waals surface area contributed by atoms with Crippen LogP contribution in [0, 0.1) is 5.92 Å². The third kappa shape index (κ3) is 6.86. The molecule has 2 atom stereocenters. The van der Waals surface area contributed by atoms with Crippen molar-refractivity contribution < 1.29 is 4.42 Å². The summed E-state index contributed by atoms with van der Waals surface area (Å²) in [5.74, 6) is 0.263. The molecule has 0 aliphatic heterocycles. The Morgan fingerprint density at radius 1 is 0.435 bits per heavy atom. The van der Waals surface area contributed by atoms with Gasteiger partial charge in [-0.1, -0.05) is 218 Å². The molecule has 69 heavy (non-hydrogen) atoms. The molecule has 9 aromatic carbocycles. The van der Waals surface area contributed by atoms with Crippen molar-refractivity contribution in [2.24, 2.45) is 5.92 Å². The SMILES string of the molecule is C1=CCC(C2(c3ccccc3)C3=C(CCC=C3)c3ccc(N(c4ccc(-c5ccc(-c6ccccc6)cc5)cc4)c4ccc(-c5cccc6c5oc5c(-c7ccccc7)cccc56)cc4)cc32)C=C1. The molecule has 0 spiro atoms. The number of allylic oxidation sites excluding steroid dienone is 8. The van der Waals surface area contributed by atoms with E-state index in [0.717, 1.165) is 80.5 Å².